The molecule has 0 unspecified atom stereocenters. The van der Waals surface area contributed by atoms with E-state index in [-0.39, 0.29) is 0 Å². The summed E-state index contributed by atoms with van der Waals surface area (Å²) in [6.07, 6.45) is 7.41. The summed E-state index contributed by atoms with van der Waals surface area (Å²) in [7, 11) is 0. The lowest BCUT2D eigenvalue weighted by Crippen LogP contribution is -2.00. The van der Waals surface area contributed by atoms with Gasteiger partial charge in [-0.15, -0.1) is 0 Å². The third-order valence-corrected chi connectivity index (χ3v) is 18.5. The van der Waals surface area contributed by atoms with Crippen molar-refractivity contribution in [3.63, 3.8) is 0 Å². The minimum atomic E-state index is 0.426. The van der Waals surface area contributed by atoms with Crippen molar-refractivity contribution in [2.45, 2.75) is 0 Å². The molecule has 0 atom stereocenters. The normalized spacial score (nSPS) is 12.0. The van der Waals surface area contributed by atoms with Gasteiger partial charge in [0, 0.05) is 98.4 Å². The monoisotopic (exact) mass is 1150 g/mol. The Labute approximate surface area is 510 Å². The van der Waals surface area contributed by atoms with Crippen LogP contribution in [0.1, 0.15) is 0 Å². The SMILES string of the molecule is N#Cn1c2ccc(-c3nc(-c4ccc5c(c4)c4cc(-n6c7ccccc7c7ccccc76)ccc4n5C#N)nc(-c4ccc5c(c4)c4cc(-n6c7ccccc7c7ccccc76)ccc4n5C#N)n3)cc2c2cc(-n3c4ccccc4c4ccccc43)ccc21. The molecule has 19 rings (SSSR count). The maximum Gasteiger partial charge on any atom is 0.189 e. The topological polar surface area (TPSA) is 140 Å². The Kier molecular flexibility index (Phi) is 10.1. The van der Waals surface area contributed by atoms with Crippen molar-refractivity contribution in [2.24, 2.45) is 0 Å². The van der Waals surface area contributed by atoms with E-state index in [9.17, 15) is 15.8 Å². The largest absolute Gasteiger partial charge is 0.309 e. The van der Waals surface area contributed by atoms with Gasteiger partial charge in [0.1, 0.15) is 0 Å². The minimum absolute atomic E-state index is 0.426. The summed E-state index contributed by atoms with van der Waals surface area (Å²) in [6, 6.07) is 87.8. The van der Waals surface area contributed by atoms with Crippen LogP contribution in [-0.2, 0) is 0 Å². The van der Waals surface area contributed by atoms with E-state index in [1.54, 1.807) is 13.7 Å². The number of aromatic nitrogens is 9. The summed E-state index contributed by atoms with van der Waals surface area (Å²) < 4.78 is 11.9. The van der Waals surface area contributed by atoms with E-state index in [1.807, 2.05) is 54.6 Å². The molecule has 90 heavy (non-hydrogen) atoms. The molecule has 12 nitrogen and oxygen atoms in total. The lowest BCUT2D eigenvalue weighted by Gasteiger charge is -2.10. The highest BCUT2D eigenvalue weighted by molar-refractivity contribution is 6.16. The summed E-state index contributed by atoms with van der Waals surface area (Å²) in [5.74, 6) is 1.28. The number of hydrogen-bond acceptors (Lipinski definition) is 6. The van der Waals surface area contributed by atoms with Crippen LogP contribution in [0.3, 0.4) is 0 Å². The van der Waals surface area contributed by atoms with E-state index in [0.717, 1.165) is 165 Å². The Hall–Kier alpha value is -13.1. The number of nitriles is 3. The zero-order valence-electron chi connectivity index (χ0n) is 47.6. The molecule has 0 aliphatic rings. The number of fused-ring (bicyclic) bond motifs is 18. The first kappa shape index (κ1) is 49.2. The number of hydrogen-bond donors (Lipinski definition) is 0. The maximum absolute atomic E-state index is 10.8. The second-order valence-electron chi connectivity index (χ2n) is 23.0. The third-order valence-electron chi connectivity index (χ3n) is 18.5. The van der Waals surface area contributed by atoms with Crippen LogP contribution < -0.4 is 0 Å². The van der Waals surface area contributed by atoms with Crippen LogP contribution in [0, 0.1) is 34.4 Å². The Morgan fingerprint density at radius 3 is 0.656 bits per heavy atom. The van der Waals surface area contributed by atoms with E-state index in [4.69, 9.17) is 15.0 Å². The molecule has 0 fully saturated rings. The van der Waals surface area contributed by atoms with E-state index < -0.39 is 0 Å². The van der Waals surface area contributed by atoms with Gasteiger partial charge in [0.25, 0.3) is 0 Å². The maximum atomic E-state index is 10.8. The zero-order valence-corrected chi connectivity index (χ0v) is 47.6. The van der Waals surface area contributed by atoms with Crippen LogP contribution >= 0.6 is 0 Å². The van der Waals surface area contributed by atoms with Crippen molar-refractivity contribution in [3.05, 3.63) is 255 Å². The molecule has 0 bridgehead atoms. The summed E-state index contributed by atoms with van der Waals surface area (Å²) in [6.45, 7) is 0. The molecule has 0 aliphatic carbocycles. The molecular weight excluding hydrogens is 1100 g/mol. The van der Waals surface area contributed by atoms with Gasteiger partial charge in [-0.1, -0.05) is 109 Å². The molecule has 12 aromatic carbocycles. The molecule has 7 heterocycles. The molecular formula is C78H42N12. The smallest absolute Gasteiger partial charge is 0.189 e. The van der Waals surface area contributed by atoms with Gasteiger partial charge in [-0.25, -0.2) is 28.7 Å². The van der Waals surface area contributed by atoms with Crippen molar-refractivity contribution in [2.75, 3.05) is 0 Å². The van der Waals surface area contributed by atoms with Crippen LogP contribution in [0.2, 0.25) is 0 Å². The quantitative estimate of drug-likeness (QED) is 0.162. The van der Waals surface area contributed by atoms with Crippen LogP contribution in [0.4, 0.5) is 0 Å². The van der Waals surface area contributed by atoms with Gasteiger partial charge >= 0.3 is 0 Å². The molecule has 0 N–H and O–H groups in total. The summed E-state index contributed by atoms with van der Waals surface area (Å²) in [5, 5.41) is 44.7. The lowest BCUT2D eigenvalue weighted by molar-refractivity contribution is 1.08. The predicted molar refractivity (Wildman–Crippen MR) is 361 cm³/mol. The lowest BCUT2D eigenvalue weighted by atomic mass is 10.1. The number of benzene rings is 12. The minimum Gasteiger partial charge on any atom is -0.309 e. The van der Waals surface area contributed by atoms with Crippen LogP contribution in [-0.4, -0.2) is 42.4 Å². The third kappa shape index (κ3) is 6.82. The van der Waals surface area contributed by atoms with Crippen molar-refractivity contribution in [1.82, 2.24) is 42.4 Å². The first-order valence-corrected chi connectivity index (χ1v) is 29.7. The molecule has 0 radical (unpaired) electrons. The van der Waals surface area contributed by atoms with Gasteiger partial charge in [0.05, 0.1) is 66.2 Å². The van der Waals surface area contributed by atoms with E-state index in [1.165, 1.54) is 0 Å². The highest BCUT2D eigenvalue weighted by Gasteiger charge is 2.23. The molecule has 0 saturated heterocycles. The number of rotatable bonds is 6. The Morgan fingerprint density at radius 2 is 0.422 bits per heavy atom. The van der Waals surface area contributed by atoms with Crippen molar-refractivity contribution < 1.29 is 0 Å². The predicted octanol–water partition coefficient (Wildman–Crippen LogP) is 18.5. The Balaban J connectivity index is 0.828. The molecule has 0 amide bonds. The number of para-hydroxylation sites is 6. The second kappa shape index (κ2) is 18.5. The molecule has 0 spiro atoms. The summed E-state index contributed by atoms with van der Waals surface area (Å²) >= 11 is 0. The van der Waals surface area contributed by atoms with Gasteiger partial charge in [0.15, 0.2) is 36.1 Å². The molecule has 19 aromatic rings. The van der Waals surface area contributed by atoms with Crippen molar-refractivity contribution in [1.29, 1.82) is 15.8 Å². The van der Waals surface area contributed by atoms with Crippen LogP contribution in [0.25, 0.3) is 182 Å². The van der Waals surface area contributed by atoms with Crippen LogP contribution in [0.5, 0.6) is 0 Å². The van der Waals surface area contributed by atoms with Gasteiger partial charge < -0.3 is 13.7 Å². The summed E-state index contributed by atoms with van der Waals surface area (Å²) in [4.78, 5) is 16.1. The molecule has 7 aromatic heterocycles. The highest BCUT2D eigenvalue weighted by atomic mass is 15.1. The Morgan fingerprint density at radius 1 is 0.211 bits per heavy atom. The molecule has 0 aliphatic heterocycles. The Bertz CT molecular complexity index is 5740. The van der Waals surface area contributed by atoms with Crippen LogP contribution in [0.15, 0.2) is 255 Å². The first-order chi connectivity index (χ1) is 44.5. The average molecular weight is 1150 g/mol. The van der Waals surface area contributed by atoms with E-state index in [0.29, 0.717) is 17.5 Å². The fraction of sp³-hybridized carbons (Fsp3) is 0. The van der Waals surface area contributed by atoms with E-state index in [2.05, 4.69) is 232 Å². The first-order valence-electron chi connectivity index (χ1n) is 29.7. The van der Waals surface area contributed by atoms with Crippen molar-refractivity contribution >= 4 is 131 Å². The number of nitrogens with zero attached hydrogens (tertiary/aromatic N) is 12. The van der Waals surface area contributed by atoms with Gasteiger partial charge in [-0.2, -0.15) is 15.8 Å². The summed E-state index contributed by atoms with van der Waals surface area (Å²) in [5.41, 5.74) is 16.2. The molecule has 0 saturated carbocycles. The highest BCUT2D eigenvalue weighted by Crippen LogP contribution is 2.42. The van der Waals surface area contributed by atoms with E-state index >= 15 is 0 Å². The van der Waals surface area contributed by atoms with Gasteiger partial charge in [-0.3, -0.25) is 0 Å². The fourth-order valence-corrected chi connectivity index (χ4v) is 14.6. The molecule has 414 valence electrons. The fourth-order valence-electron chi connectivity index (χ4n) is 14.6. The second-order valence-corrected chi connectivity index (χ2v) is 23.0. The zero-order chi connectivity index (χ0) is 59.5. The van der Waals surface area contributed by atoms with Gasteiger partial charge in [-0.05, 0) is 146 Å². The van der Waals surface area contributed by atoms with Crippen molar-refractivity contribution in [3.8, 4) is 69.8 Å². The molecule has 12 heteroatoms. The average Bonchev–Trinajstić information content (AvgIpc) is 1.95. The van der Waals surface area contributed by atoms with Gasteiger partial charge in [0.2, 0.25) is 0 Å². The standard InChI is InChI=1S/C78H42N12/c79-43-85-64-31-25-46(37-58(64)61-40-49(28-34-67(61)85)88-70-19-7-1-13-52(70)53-14-2-8-20-71(53)88)76-82-77(47-26-32-65-59(38-47)62-41-50(29-35-68(62)86(65)44-80)89-72-21-9-3-15-54(72)55-16-4-10-22-73(55)89)84-78(83-76)48-27-33-66-60(39-48)63-42-51(30-36-69(63)87(66)45-81)90-74-23-11-5-17-56(74)57-18-6-12-24-75(57)90/h1-42H.